The van der Waals surface area contributed by atoms with Crippen molar-refractivity contribution in [1.82, 2.24) is 5.32 Å². The molecule has 1 atom stereocenters. The van der Waals surface area contributed by atoms with E-state index in [-0.39, 0.29) is 6.10 Å². The van der Waals surface area contributed by atoms with Crippen molar-refractivity contribution in [3.8, 4) is 0 Å². The molecule has 1 unspecified atom stereocenters. The molecule has 0 saturated carbocycles. The number of benzene rings is 1. The van der Waals surface area contributed by atoms with E-state index in [4.69, 9.17) is 9.47 Å². The highest BCUT2D eigenvalue weighted by Crippen LogP contribution is 2.15. The van der Waals surface area contributed by atoms with Crippen molar-refractivity contribution in [2.75, 3.05) is 26.3 Å². The minimum atomic E-state index is 0.280. The fraction of sp³-hybridized carbons (Fsp3) is 0.647. The van der Waals surface area contributed by atoms with Crippen LogP contribution in [0, 0.1) is 5.92 Å². The van der Waals surface area contributed by atoms with Crippen LogP contribution in [0.1, 0.15) is 31.4 Å². The Balaban J connectivity index is 1.78. The van der Waals surface area contributed by atoms with Crippen molar-refractivity contribution >= 4 is 0 Å². The molecule has 1 N–H and O–H groups in total. The second-order valence-corrected chi connectivity index (χ2v) is 5.91. The molecule has 0 amide bonds. The van der Waals surface area contributed by atoms with Crippen LogP contribution in [0.3, 0.4) is 0 Å². The summed E-state index contributed by atoms with van der Waals surface area (Å²) in [6.45, 7) is 8.87. The third kappa shape index (κ3) is 5.23. The number of hydrogen-bond donors (Lipinski definition) is 1. The number of nitrogens with one attached hydrogen (secondary N) is 1. The highest BCUT2D eigenvalue weighted by atomic mass is 16.5. The zero-order chi connectivity index (χ0) is 14.2. The third-order valence-electron chi connectivity index (χ3n) is 3.60. The van der Waals surface area contributed by atoms with Crippen LogP contribution in [0.5, 0.6) is 0 Å². The predicted molar refractivity (Wildman–Crippen MR) is 81.9 cm³/mol. The third-order valence-corrected chi connectivity index (χ3v) is 3.60. The summed E-state index contributed by atoms with van der Waals surface area (Å²) in [5.74, 6) is 0.705. The molecule has 112 valence electrons. The maximum atomic E-state index is 5.93. The first-order valence-electron chi connectivity index (χ1n) is 7.72. The smallest absolute Gasteiger partial charge is 0.0834 e. The number of rotatable bonds is 8. The second kappa shape index (κ2) is 8.40. The zero-order valence-electron chi connectivity index (χ0n) is 12.7. The average molecular weight is 277 g/mol. The summed E-state index contributed by atoms with van der Waals surface area (Å²) < 4.78 is 11.3. The molecule has 1 aromatic rings. The Morgan fingerprint density at radius 3 is 2.80 bits per heavy atom. The first-order valence-corrected chi connectivity index (χ1v) is 7.72. The van der Waals surface area contributed by atoms with Crippen LogP contribution < -0.4 is 5.32 Å². The van der Waals surface area contributed by atoms with Crippen LogP contribution in [0.4, 0.5) is 0 Å². The van der Waals surface area contributed by atoms with Gasteiger partial charge in [-0.1, -0.05) is 38.1 Å². The van der Waals surface area contributed by atoms with E-state index < -0.39 is 0 Å². The Hall–Kier alpha value is -0.900. The molecule has 1 fully saturated rings. The van der Waals surface area contributed by atoms with Gasteiger partial charge in [0, 0.05) is 6.61 Å². The summed E-state index contributed by atoms with van der Waals surface area (Å²) in [5, 5.41) is 3.50. The van der Waals surface area contributed by atoms with Gasteiger partial charge < -0.3 is 14.8 Å². The van der Waals surface area contributed by atoms with Crippen molar-refractivity contribution in [3.05, 3.63) is 35.4 Å². The molecule has 0 aliphatic carbocycles. The average Bonchev–Trinajstić information content (AvgIpc) is 2.95. The summed E-state index contributed by atoms with van der Waals surface area (Å²) in [4.78, 5) is 0. The molecule has 0 bridgehead atoms. The quantitative estimate of drug-likeness (QED) is 0.741. The molecule has 1 aromatic carbocycles. The van der Waals surface area contributed by atoms with Gasteiger partial charge in [-0.25, -0.2) is 0 Å². The Kier molecular flexibility index (Phi) is 6.51. The van der Waals surface area contributed by atoms with Gasteiger partial charge in [0.2, 0.25) is 0 Å². The maximum absolute atomic E-state index is 5.93. The molecule has 2 rings (SSSR count). The summed E-state index contributed by atoms with van der Waals surface area (Å²) in [5.41, 5.74) is 2.70. The molecular weight excluding hydrogens is 250 g/mol. The molecule has 20 heavy (non-hydrogen) atoms. The normalized spacial score (nSPS) is 18.9. The molecular formula is C17H27NO2. The van der Waals surface area contributed by atoms with Gasteiger partial charge in [-0.3, -0.25) is 0 Å². The number of hydrogen-bond acceptors (Lipinski definition) is 3. The Morgan fingerprint density at radius 2 is 2.10 bits per heavy atom. The van der Waals surface area contributed by atoms with Crippen LogP contribution in [0.25, 0.3) is 0 Å². The molecule has 1 saturated heterocycles. The summed E-state index contributed by atoms with van der Waals surface area (Å²) in [6, 6.07) is 8.59. The summed E-state index contributed by atoms with van der Waals surface area (Å²) in [6.07, 6.45) is 2.37. The van der Waals surface area contributed by atoms with Gasteiger partial charge in [0.25, 0.3) is 0 Å². The lowest BCUT2D eigenvalue weighted by Gasteiger charge is -2.14. The van der Waals surface area contributed by atoms with E-state index in [9.17, 15) is 0 Å². The van der Waals surface area contributed by atoms with Gasteiger partial charge in [-0.15, -0.1) is 0 Å². The van der Waals surface area contributed by atoms with Gasteiger partial charge in [-0.05, 0) is 43.0 Å². The fourth-order valence-corrected chi connectivity index (χ4v) is 2.41. The van der Waals surface area contributed by atoms with Gasteiger partial charge in [0.15, 0.2) is 0 Å². The maximum Gasteiger partial charge on any atom is 0.0834 e. The minimum Gasteiger partial charge on any atom is -0.379 e. The van der Waals surface area contributed by atoms with Crippen LogP contribution in [-0.2, 0) is 22.5 Å². The molecule has 0 spiro atoms. The van der Waals surface area contributed by atoms with E-state index in [1.54, 1.807) is 0 Å². The monoisotopic (exact) mass is 277 g/mol. The van der Waals surface area contributed by atoms with Gasteiger partial charge in [0.1, 0.15) is 0 Å². The lowest BCUT2D eigenvalue weighted by molar-refractivity contribution is 0.0314. The van der Waals surface area contributed by atoms with Gasteiger partial charge in [0.05, 0.1) is 19.3 Å². The van der Waals surface area contributed by atoms with E-state index in [1.807, 2.05) is 0 Å². The Morgan fingerprint density at radius 1 is 1.30 bits per heavy atom. The van der Waals surface area contributed by atoms with Crippen molar-refractivity contribution in [2.24, 2.45) is 5.92 Å². The van der Waals surface area contributed by atoms with E-state index in [2.05, 4.69) is 43.4 Å². The molecule has 0 aromatic heterocycles. The van der Waals surface area contributed by atoms with E-state index >= 15 is 0 Å². The van der Waals surface area contributed by atoms with Crippen LogP contribution in [0.2, 0.25) is 0 Å². The first-order chi connectivity index (χ1) is 9.75. The Labute approximate surface area is 122 Å². The predicted octanol–water partition coefficient (Wildman–Crippen LogP) is 2.78. The van der Waals surface area contributed by atoms with Gasteiger partial charge >= 0.3 is 0 Å². The molecule has 1 aliphatic rings. The highest BCUT2D eigenvalue weighted by Gasteiger charge is 2.16. The molecule has 0 radical (unpaired) electrons. The minimum absolute atomic E-state index is 0.280. The zero-order valence-corrected chi connectivity index (χ0v) is 12.7. The van der Waals surface area contributed by atoms with Crippen LogP contribution in [-0.4, -0.2) is 32.4 Å². The SMILES string of the molecule is CC(C)CNCCc1ccccc1COC1CCOC1. The van der Waals surface area contributed by atoms with Crippen molar-refractivity contribution in [1.29, 1.82) is 0 Å². The van der Waals surface area contributed by atoms with Crippen LogP contribution >= 0.6 is 0 Å². The standard InChI is InChI=1S/C17H27NO2/c1-14(2)11-18-9-7-15-5-3-4-6-16(15)12-20-17-8-10-19-13-17/h3-6,14,17-18H,7-13H2,1-2H3. The van der Waals surface area contributed by atoms with Crippen molar-refractivity contribution < 1.29 is 9.47 Å². The van der Waals surface area contributed by atoms with E-state index in [0.29, 0.717) is 12.5 Å². The van der Waals surface area contributed by atoms with Gasteiger partial charge in [-0.2, -0.15) is 0 Å². The second-order valence-electron chi connectivity index (χ2n) is 5.91. The highest BCUT2D eigenvalue weighted by molar-refractivity contribution is 5.26. The molecule has 1 aliphatic heterocycles. The van der Waals surface area contributed by atoms with E-state index in [0.717, 1.165) is 39.1 Å². The largest absolute Gasteiger partial charge is 0.379 e. The topological polar surface area (TPSA) is 30.5 Å². The Bertz CT molecular complexity index is 386. The van der Waals surface area contributed by atoms with E-state index in [1.165, 1.54) is 11.1 Å². The lowest BCUT2D eigenvalue weighted by Crippen LogP contribution is -2.22. The summed E-state index contributed by atoms with van der Waals surface area (Å²) >= 11 is 0. The fourth-order valence-electron chi connectivity index (χ4n) is 2.41. The van der Waals surface area contributed by atoms with Crippen molar-refractivity contribution in [3.63, 3.8) is 0 Å². The number of ether oxygens (including phenoxy) is 2. The van der Waals surface area contributed by atoms with Crippen molar-refractivity contribution in [2.45, 2.75) is 39.4 Å². The summed E-state index contributed by atoms with van der Waals surface area (Å²) in [7, 11) is 0. The molecule has 3 heteroatoms. The molecule has 1 heterocycles. The van der Waals surface area contributed by atoms with Crippen LogP contribution in [0.15, 0.2) is 24.3 Å². The lowest BCUT2D eigenvalue weighted by atomic mass is 10.0. The first kappa shape index (κ1) is 15.5. The molecule has 3 nitrogen and oxygen atoms in total.